The Morgan fingerprint density at radius 1 is 1.42 bits per heavy atom. The van der Waals surface area contributed by atoms with Crippen LogP contribution < -0.4 is 10.8 Å². The highest BCUT2D eigenvalue weighted by molar-refractivity contribution is 9.10. The van der Waals surface area contributed by atoms with E-state index in [1.54, 1.807) is 11.8 Å². The van der Waals surface area contributed by atoms with Crippen LogP contribution in [0.1, 0.15) is 18.5 Å². The molecule has 3 N–H and O–H groups in total. The second kappa shape index (κ2) is 8.06. The van der Waals surface area contributed by atoms with Gasteiger partial charge in [-0.25, -0.2) is 14.0 Å². The predicted octanol–water partition coefficient (Wildman–Crippen LogP) is 2.87. The molecule has 0 atom stereocenters. The van der Waals surface area contributed by atoms with E-state index in [0.717, 1.165) is 25.9 Å². The summed E-state index contributed by atoms with van der Waals surface area (Å²) in [5, 5.41) is 21.4. The van der Waals surface area contributed by atoms with Crippen molar-refractivity contribution in [2.24, 2.45) is 4.99 Å². The Balaban J connectivity index is 1.84. The summed E-state index contributed by atoms with van der Waals surface area (Å²) in [4.78, 5) is 4.25. The maximum atomic E-state index is 13.3. The molecular weight excluding hydrogens is 401 g/mol. The van der Waals surface area contributed by atoms with Gasteiger partial charge in [0.05, 0.1) is 10.2 Å². The van der Waals surface area contributed by atoms with Gasteiger partial charge in [0.2, 0.25) is 0 Å². The molecule has 0 unspecified atom stereocenters. The molecule has 3 rings (SSSR count). The van der Waals surface area contributed by atoms with E-state index in [2.05, 4.69) is 36.6 Å². The number of halogens is 2. The average Bonchev–Trinajstić information content (AvgIpc) is 3.05. The van der Waals surface area contributed by atoms with Gasteiger partial charge < -0.3 is 5.32 Å². The zero-order valence-electron chi connectivity index (χ0n) is 12.5. The van der Waals surface area contributed by atoms with Gasteiger partial charge in [-0.15, -0.1) is 0 Å². The minimum Gasteiger partial charge on any atom is -0.317 e. The number of nitrogens with one attached hydrogen (secondary N) is 2. The zero-order valence-corrected chi connectivity index (χ0v) is 14.9. The van der Waals surface area contributed by atoms with E-state index < -0.39 is 5.82 Å². The highest BCUT2D eigenvalue weighted by atomic mass is 79.9. The molecule has 0 bridgehead atoms. The molecule has 1 fully saturated rings. The van der Waals surface area contributed by atoms with Crippen LogP contribution >= 0.6 is 27.7 Å². The number of hydrogen-bond donors (Lipinski definition) is 3. The molecule has 10 heteroatoms. The maximum Gasteiger partial charge on any atom is 0.186 e. The van der Waals surface area contributed by atoms with Crippen molar-refractivity contribution < 1.29 is 14.2 Å². The van der Waals surface area contributed by atoms with Crippen molar-refractivity contribution in [3.05, 3.63) is 34.2 Å². The van der Waals surface area contributed by atoms with Crippen molar-refractivity contribution in [2.75, 3.05) is 13.1 Å². The first-order valence-corrected chi connectivity index (χ1v) is 8.99. The number of benzene rings is 1. The molecule has 1 aromatic carbocycles. The molecule has 0 aliphatic carbocycles. The first-order valence-electron chi connectivity index (χ1n) is 7.31. The molecule has 0 radical (unpaired) electrons. The van der Waals surface area contributed by atoms with Gasteiger partial charge in [-0.05, 0) is 70.4 Å². The summed E-state index contributed by atoms with van der Waals surface area (Å²) >= 11 is 4.65. The van der Waals surface area contributed by atoms with Crippen LogP contribution in [0.4, 0.5) is 10.1 Å². The molecule has 24 heavy (non-hydrogen) atoms. The average molecular weight is 416 g/mol. The van der Waals surface area contributed by atoms with Gasteiger partial charge in [0.1, 0.15) is 5.82 Å². The number of amidine groups is 1. The molecule has 1 aromatic heterocycles. The molecule has 1 saturated heterocycles. The van der Waals surface area contributed by atoms with E-state index in [0.29, 0.717) is 21.7 Å². The largest absolute Gasteiger partial charge is 0.317 e. The lowest BCUT2D eigenvalue weighted by Crippen LogP contribution is -2.29. The number of piperidine rings is 1. The van der Waals surface area contributed by atoms with Crippen LogP contribution in [-0.2, 0) is 0 Å². The third-order valence-corrected chi connectivity index (χ3v) is 5.40. The van der Waals surface area contributed by atoms with E-state index in [1.165, 1.54) is 18.2 Å². The third-order valence-electron chi connectivity index (χ3n) is 3.50. The lowest BCUT2D eigenvalue weighted by Gasteiger charge is -2.20. The molecular formula is C14H15BrFN5O2S. The molecule has 2 heterocycles. The van der Waals surface area contributed by atoms with Crippen LogP contribution in [0.2, 0.25) is 0 Å². The predicted molar refractivity (Wildman–Crippen MR) is 91.3 cm³/mol. The van der Waals surface area contributed by atoms with Gasteiger partial charge in [-0.2, -0.15) is 0 Å². The summed E-state index contributed by atoms with van der Waals surface area (Å²) in [6, 6.07) is 4.27. The fraction of sp³-hybridized carbons (Fsp3) is 0.357. The lowest BCUT2D eigenvalue weighted by molar-refractivity contribution is 0.234. The Morgan fingerprint density at radius 2 is 2.21 bits per heavy atom. The van der Waals surface area contributed by atoms with Crippen molar-refractivity contribution in [3.63, 3.8) is 0 Å². The van der Waals surface area contributed by atoms with E-state index in [-0.39, 0.29) is 10.3 Å². The van der Waals surface area contributed by atoms with E-state index in [9.17, 15) is 9.60 Å². The molecule has 128 valence electrons. The van der Waals surface area contributed by atoms with Gasteiger partial charge in [0.25, 0.3) is 0 Å². The summed E-state index contributed by atoms with van der Waals surface area (Å²) in [6.45, 7) is 1.92. The van der Waals surface area contributed by atoms with Gasteiger partial charge in [-0.1, -0.05) is 11.8 Å². The van der Waals surface area contributed by atoms with Gasteiger partial charge in [-0.3, -0.25) is 10.7 Å². The highest BCUT2D eigenvalue weighted by Gasteiger charge is 2.22. The monoisotopic (exact) mass is 415 g/mol. The smallest absolute Gasteiger partial charge is 0.186 e. The van der Waals surface area contributed by atoms with Gasteiger partial charge in [0, 0.05) is 5.25 Å². The minimum absolute atomic E-state index is 0.0891. The Hall–Kier alpha value is -1.49. The number of hydrogen-bond acceptors (Lipinski definition) is 7. The summed E-state index contributed by atoms with van der Waals surface area (Å²) in [6.07, 6.45) is 2.03. The zero-order chi connectivity index (χ0) is 16.9. The number of aliphatic imine (C=N–C) groups is 1. The highest BCUT2D eigenvalue weighted by Crippen LogP contribution is 2.30. The van der Waals surface area contributed by atoms with Crippen LogP contribution in [0.25, 0.3) is 0 Å². The Bertz CT molecular complexity index is 736. The molecule has 1 aliphatic rings. The fourth-order valence-corrected chi connectivity index (χ4v) is 3.76. The summed E-state index contributed by atoms with van der Waals surface area (Å²) in [7, 11) is 0. The first-order chi connectivity index (χ1) is 11.7. The molecule has 1 aliphatic heterocycles. The Labute approximate surface area is 150 Å². The molecule has 7 nitrogen and oxygen atoms in total. The standard InChI is InChI=1S/C14H15BrFN5O2S/c15-10-7-8(1-2-11(10)16)18-13(19-22)12-14(21-23-20-12)24-9-3-5-17-6-4-9/h1-2,7,9,17,22H,3-6H2,(H,18,19). The number of thioether (sulfide) groups is 1. The molecule has 0 amide bonds. The number of rotatable bonds is 4. The normalized spacial score (nSPS) is 16.4. The second-order valence-corrected chi connectivity index (χ2v) is 7.30. The number of hydroxylamine groups is 1. The lowest BCUT2D eigenvalue weighted by atomic mass is 10.2. The van der Waals surface area contributed by atoms with Crippen molar-refractivity contribution in [2.45, 2.75) is 23.1 Å². The Kier molecular flexibility index (Phi) is 5.82. The molecule has 0 saturated carbocycles. The van der Waals surface area contributed by atoms with E-state index in [4.69, 9.17) is 4.63 Å². The number of nitrogens with zero attached hydrogens (tertiary/aromatic N) is 3. The summed E-state index contributed by atoms with van der Waals surface area (Å²) in [5.74, 6) is -0.302. The third kappa shape index (κ3) is 4.12. The Morgan fingerprint density at radius 3 is 2.92 bits per heavy atom. The summed E-state index contributed by atoms with van der Waals surface area (Å²) < 4.78 is 18.4. The molecule has 0 spiro atoms. The van der Waals surface area contributed by atoms with Crippen molar-refractivity contribution in [1.82, 2.24) is 21.1 Å². The topological polar surface area (TPSA) is 95.6 Å². The quantitative estimate of drug-likeness (QED) is 0.401. The van der Waals surface area contributed by atoms with Crippen molar-refractivity contribution in [3.8, 4) is 0 Å². The van der Waals surface area contributed by atoms with Crippen molar-refractivity contribution >= 4 is 39.2 Å². The van der Waals surface area contributed by atoms with Crippen molar-refractivity contribution in [1.29, 1.82) is 0 Å². The minimum atomic E-state index is -0.391. The van der Waals surface area contributed by atoms with Crippen LogP contribution in [0, 0.1) is 5.82 Å². The number of aromatic nitrogens is 2. The SMILES string of the molecule is ONC(=Nc1ccc(F)c(Br)c1)c1nonc1SC1CCNCC1. The van der Waals surface area contributed by atoms with Crippen LogP contribution in [0.3, 0.4) is 0 Å². The van der Waals surface area contributed by atoms with Gasteiger partial charge >= 0.3 is 0 Å². The van der Waals surface area contributed by atoms with Crippen LogP contribution in [-0.4, -0.2) is 39.7 Å². The van der Waals surface area contributed by atoms with Gasteiger partial charge in [0.15, 0.2) is 16.6 Å². The first kappa shape index (κ1) is 17.3. The maximum absolute atomic E-state index is 13.3. The summed E-state index contributed by atoms with van der Waals surface area (Å²) in [5.41, 5.74) is 2.78. The molecule has 2 aromatic rings. The fourth-order valence-electron chi connectivity index (χ4n) is 2.29. The van der Waals surface area contributed by atoms with Crippen LogP contribution in [0.15, 0.2) is 37.3 Å². The van der Waals surface area contributed by atoms with Crippen LogP contribution in [0.5, 0.6) is 0 Å². The second-order valence-electron chi connectivity index (χ2n) is 5.16. The van der Waals surface area contributed by atoms with E-state index in [1.807, 2.05) is 5.48 Å². The van der Waals surface area contributed by atoms with E-state index >= 15 is 0 Å².